The molecule has 0 aromatic heterocycles. The standard InChI is InChI=1S/C12H16N2O2/c1-10(15)7-8-12(16)14-13-9-11-5-3-2-4-6-11/h2-6,9-10,15H,7-8H2,1H3,(H,14,16). The van der Waals surface area contributed by atoms with Crippen LogP contribution < -0.4 is 5.43 Å². The highest BCUT2D eigenvalue weighted by atomic mass is 16.3. The van der Waals surface area contributed by atoms with Gasteiger partial charge in [0.05, 0.1) is 12.3 Å². The fraction of sp³-hybridized carbons (Fsp3) is 0.333. The lowest BCUT2D eigenvalue weighted by Gasteiger charge is -2.01. The first-order valence-corrected chi connectivity index (χ1v) is 5.23. The second-order valence-electron chi connectivity index (χ2n) is 3.59. The van der Waals surface area contributed by atoms with E-state index in [0.717, 1.165) is 5.56 Å². The van der Waals surface area contributed by atoms with Crippen molar-refractivity contribution in [2.75, 3.05) is 0 Å². The van der Waals surface area contributed by atoms with Crippen LogP contribution in [0.25, 0.3) is 0 Å². The molecule has 1 aromatic carbocycles. The van der Waals surface area contributed by atoms with Gasteiger partial charge in [-0.25, -0.2) is 5.43 Å². The zero-order valence-corrected chi connectivity index (χ0v) is 9.26. The molecule has 4 nitrogen and oxygen atoms in total. The molecule has 1 aromatic rings. The molecule has 0 saturated carbocycles. The third kappa shape index (κ3) is 5.26. The lowest BCUT2D eigenvalue weighted by Crippen LogP contribution is -2.18. The van der Waals surface area contributed by atoms with E-state index < -0.39 is 6.10 Å². The number of rotatable bonds is 5. The van der Waals surface area contributed by atoms with Crippen LogP contribution in [-0.2, 0) is 4.79 Å². The Morgan fingerprint density at radius 3 is 2.81 bits per heavy atom. The molecule has 1 rings (SSSR count). The van der Waals surface area contributed by atoms with Gasteiger partial charge in [-0.1, -0.05) is 30.3 Å². The van der Waals surface area contributed by atoms with Gasteiger partial charge < -0.3 is 5.11 Å². The molecule has 86 valence electrons. The van der Waals surface area contributed by atoms with Gasteiger partial charge in [0.1, 0.15) is 0 Å². The van der Waals surface area contributed by atoms with E-state index in [1.807, 2.05) is 30.3 Å². The average molecular weight is 220 g/mol. The number of nitrogens with zero attached hydrogens (tertiary/aromatic N) is 1. The normalized spacial score (nSPS) is 12.6. The smallest absolute Gasteiger partial charge is 0.240 e. The van der Waals surface area contributed by atoms with Crippen LogP contribution in [-0.4, -0.2) is 23.3 Å². The maximum absolute atomic E-state index is 11.2. The van der Waals surface area contributed by atoms with Crippen LogP contribution in [0.15, 0.2) is 35.4 Å². The minimum atomic E-state index is -0.455. The van der Waals surface area contributed by atoms with Gasteiger partial charge in [-0.05, 0) is 18.9 Å². The van der Waals surface area contributed by atoms with E-state index in [1.54, 1.807) is 13.1 Å². The van der Waals surface area contributed by atoms with Gasteiger partial charge in [0.2, 0.25) is 5.91 Å². The van der Waals surface area contributed by atoms with E-state index in [-0.39, 0.29) is 12.3 Å². The molecule has 0 radical (unpaired) electrons. The van der Waals surface area contributed by atoms with Gasteiger partial charge in [-0.3, -0.25) is 4.79 Å². The van der Waals surface area contributed by atoms with Crippen LogP contribution in [0, 0.1) is 0 Å². The molecular weight excluding hydrogens is 204 g/mol. The quantitative estimate of drug-likeness (QED) is 0.580. The first-order chi connectivity index (χ1) is 7.68. The number of amides is 1. The van der Waals surface area contributed by atoms with E-state index in [2.05, 4.69) is 10.5 Å². The molecule has 0 heterocycles. The maximum Gasteiger partial charge on any atom is 0.240 e. The molecule has 1 unspecified atom stereocenters. The number of carbonyl (C=O) groups is 1. The minimum Gasteiger partial charge on any atom is -0.393 e. The Labute approximate surface area is 95.0 Å². The van der Waals surface area contributed by atoms with E-state index in [0.29, 0.717) is 6.42 Å². The molecular formula is C12H16N2O2. The maximum atomic E-state index is 11.2. The van der Waals surface area contributed by atoms with Crippen molar-refractivity contribution in [2.45, 2.75) is 25.9 Å². The second kappa shape index (κ2) is 6.74. The van der Waals surface area contributed by atoms with E-state index in [4.69, 9.17) is 5.11 Å². The molecule has 0 aliphatic rings. The highest BCUT2D eigenvalue weighted by Gasteiger charge is 2.01. The predicted molar refractivity (Wildman–Crippen MR) is 63.1 cm³/mol. The first kappa shape index (κ1) is 12.4. The molecule has 0 saturated heterocycles. The summed E-state index contributed by atoms with van der Waals surface area (Å²) in [7, 11) is 0. The number of benzene rings is 1. The summed E-state index contributed by atoms with van der Waals surface area (Å²) in [6, 6.07) is 9.50. The van der Waals surface area contributed by atoms with Crippen molar-refractivity contribution < 1.29 is 9.90 Å². The molecule has 0 aliphatic carbocycles. The van der Waals surface area contributed by atoms with Gasteiger partial charge in [0.25, 0.3) is 0 Å². The summed E-state index contributed by atoms with van der Waals surface area (Å²) in [5, 5.41) is 12.8. The predicted octanol–water partition coefficient (Wildman–Crippen LogP) is 1.30. The van der Waals surface area contributed by atoms with Crippen molar-refractivity contribution in [3.8, 4) is 0 Å². The summed E-state index contributed by atoms with van der Waals surface area (Å²) in [6.45, 7) is 1.65. The Kier molecular flexibility index (Phi) is 5.22. The number of aliphatic hydroxyl groups excluding tert-OH is 1. The topological polar surface area (TPSA) is 61.7 Å². The number of aliphatic hydroxyl groups is 1. The van der Waals surface area contributed by atoms with Crippen molar-refractivity contribution in [1.82, 2.24) is 5.43 Å². The first-order valence-electron chi connectivity index (χ1n) is 5.23. The minimum absolute atomic E-state index is 0.187. The summed E-state index contributed by atoms with van der Waals surface area (Å²) in [5.41, 5.74) is 3.33. The lowest BCUT2D eigenvalue weighted by atomic mass is 10.2. The highest BCUT2D eigenvalue weighted by molar-refractivity contribution is 5.82. The van der Waals surface area contributed by atoms with Gasteiger partial charge in [0, 0.05) is 6.42 Å². The number of hydrogen-bond donors (Lipinski definition) is 2. The van der Waals surface area contributed by atoms with Gasteiger partial charge >= 0.3 is 0 Å². The molecule has 0 aliphatic heterocycles. The lowest BCUT2D eigenvalue weighted by molar-refractivity contribution is -0.121. The molecule has 0 fully saturated rings. The summed E-state index contributed by atoms with van der Waals surface area (Å²) in [5.74, 6) is -0.187. The van der Waals surface area contributed by atoms with E-state index in [1.165, 1.54) is 0 Å². The summed E-state index contributed by atoms with van der Waals surface area (Å²) < 4.78 is 0. The van der Waals surface area contributed by atoms with Crippen LogP contribution in [0.5, 0.6) is 0 Å². The molecule has 4 heteroatoms. The molecule has 1 atom stereocenters. The van der Waals surface area contributed by atoms with Crippen LogP contribution in [0.1, 0.15) is 25.3 Å². The monoisotopic (exact) mass is 220 g/mol. The number of hydrazone groups is 1. The fourth-order valence-corrected chi connectivity index (χ4v) is 1.11. The van der Waals surface area contributed by atoms with Gasteiger partial charge in [-0.2, -0.15) is 5.10 Å². The third-order valence-electron chi connectivity index (χ3n) is 1.99. The van der Waals surface area contributed by atoms with E-state index >= 15 is 0 Å². The number of nitrogens with one attached hydrogen (secondary N) is 1. The summed E-state index contributed by atoms with van der Waals surface area (Å²) in [4.78, 5) is 11.2. The highest BCUT2D eigenvalue weighted by Crippen LogP contribution is 1.96. The van der Waals surface area contributed by atoms with Crippen molar-refractivity contribution >= 4 is 12.1 Å². The zero-order chi connectivity index (χ0) is 11.8. The van der Waals surface area contributed by atoms with Gasteiger partial charge in [-0.15, -0.1) is 0 Å². The Bertz CT molecular complexity index is 347. The van der Waals surface area contributed by atoms with Gasteiger partial charge in [0.15, 0.2) is 0 Å². The van der Waals surface area contributed by atoms with Crippen LogP contribution >= 0.6 is 0 Å². The van der Waals surface area contributed by atoms with E-state index in [9.17, 15) is 4.79 Å². The van der Waals surface area contributed by atoms with Crippen molar-refractivity contribution in [1.29, 1.82) is 0 Å². The van der Waals surface area contributed by atoms with Crippen LogP contribution in [0.3, 0.4) is 0 Å². The molecule has 16 heavy (non-hydrogen) atoms. The molecule has 0 spiro atoms. The molecule has 1 amide bonds. The summed E-state index contributed by atoms with van der Waals surface area (Å²) in [6.07, 6.45) is 1.86. The average Bonchev–Trinajstić information content (AvgIpc) is 2.28. The van der Waals surface area contributed by atoms with Crippen molar-refractivity contribution in [3.63, 3.8) is 0 Å². The Balaban J connectivity index is 2.29. The Morgan fingerprint density at radius 2 is 2.19 bits per heavy atom. The Morgan fingerprint density at radius 1 is 1.50 bits per heavy atom. The van der Waals surface area contributed by atoms with Crippen LogP contribution in [0.2, 0.25) is 0 Å². The number of carbonyl (C=O) groups excluding carboxylic acids is 1. The zero-order valence-electron chi connectivity index (χ0n) is 9.26. The van der Waals surface area contributed by atoms with Crippen LogP contribution in [0.4, 0.5) is 0 Å². The van der Waals surface area contributed by atoms with Crippen molar-refractivity contribution in [2.24, 2.45) is 5.10 Å². The van der Waals surface area contributed by atoms with Crippen molar-refractivity contribution in [3.05, 3.63) is 35.9 Å². The fourth-order valence-electron chi connectivity index (χ4n) is 1.11. The summed E-state index contributed by atoms with van der Waals surface area (Å²) >= 11 is 0. The second-order valence-corrected chi connectivity index (χ2v) is 3.59. The molecule has 2 N–H and O–H groups in total. The Hall–Kier alpha value is -1.68. The largest absolute Gasteiger partial charge is 0.393 e. The SMILES string of the molecule is CC(O)CCC(=O)NN=Cc1ccccc1. The number of hydrogen-bond acceptors (Lipinski definition) is 3. The molecule has 0 bridgehead atoms. The third-order valence-corrected chi connectivity index (χ3v) is 1.99.